The largest absolute Gasteiger partial charge is 0.383 e. The third-order valence-electron chi connectivity index (χ3n) is 3.73. The minimum absolute atomic E-state index is 0.0182. The SMILES string of the molecule is CCn1c(C2CC2)nc(-c2ccc(C(F)F)cc2)c1N. The maximum Gasteiger partial charge on any atom is 0.263 e. The summed E-state index contributed by atoms with van der Waals surface area (Å²) in [6, 6.07) is 6.19. The lowest BCUT2D eigenvalue weighted by Crippen LogP contribution is -2.04. The number of hydrogen-bond donors (Lipinski definition) is 1. The van der Waals surface area contributed by atoms with Crippen molar-refractivity contribution >= 4 is 5.82 Å². The van der Waals surface area contributed by atoms with Crippen LogP contribution >= 0.6 is 0 Å². The van der Waals surface area contributed by atoms with Crippen LogP contribution in [-0.4, -0.2) is 9.55 Å². The summed E-state index contributed by atoms with van der Waals surface area (Å²) in [7, 11) is 0. The molecule has 1 fully saturated rings. The maximum absolute atomic E-state index is 12.6. The van der Waals surface area contributed by atoms with Crippen LogP contribution in [0.2, 0.25) is 0 Å². The highest BCUT2D eigenvalue weighted by atomic mass is 19.3. The van der Waals surface area contributed by atoms with Crippen molar-refractivity contribution in [2.24, 2.45) is 0 Å². The number of nitrogens with zero attached hydrogens (tertiary/aromatic N) is 2. The Morgan fingerprint density at radius 2 is 1.95 bits per heavy atom. The van der Waals surface area contributed by atoms with E-state index in [4.69, 9.17) is 5.73 Å². The second-order valence-electron chi connectivity index (χ2n) is 5.15. The summed E-state index contributed by atoms with van der Waals surface area (Å²) in [6.07, 6.45) is -0.142. The standard InChI is InChI=1S/C15H17F2N3/c1-2-20-14(18)12(19-15(20)11-7-8-11)9-3-5-10(6-4-9)13(16)17/h3-6,11,13H,2,7-8,18H2,1H3. The molecule has 1 aliphatic carbocycles. The number of aromatic nitrogens is 2. The van der Waals surface area contributed by atoms with Gasteiger partial charge >= 0.3 is 0 Å². The summed E-state index contributed by atoms with van der Waals surface area (Å²) in [4.78, 5) is 4.64. The summed E-state index contributed by atoms with van der Waals surface area (Å²) < 4.78 is 27.2. The zero-order valence-corrected chi connectivity index (χ0v) is 11.3. The molecular formula is C15H17F2N3. The number of nitrogen functional groups attached to an aromatic ring is 1. The minimum atomic E-state index is -2.45. The fourth-order valence-corrected chi connectivity index (χ4v) is 2.47. The molecule has 2 aromatic rings. The van der Waals surface area contributed by atoms with Gasteiger partial charge in [0.05, 0.1) is 0 Å². The third kappa shape index (κ3) is 2.17. The van der Waals surface area contributed by atoms with E-state index in [1.165, 1.54) is 12.1 Å². The van der Waals surface area contributed by atoms with Crippen LogP contribution in [0.4, 0.5) is 14.6 Å². The Balaban J connectivity index is 2.01. The lowest BCUT2D eigenvalue weighted by atomic mass is 10.1. The highest BCUT2D eigenvalue weighted by Gasteiger charge is 2.30. The van der Waals surface area contributed by atoms with Crippen molar-refractivity contribution < 1.29 is 8.78 Å². The number of hydrogen-bond acceptors (Lipinski definition) is 2. The topological polar surface area (TPSA) is 43.8 Å². The molecule has 0 bridgehead atoms. The van der Waals surface area contributed by atoms with Gasteiger partial charge < -0.3 is 10.3 Å². The molecule has 0 aliphatic heterocycles. The first-order chi connectivity index (χ1) is 9.61. The predicted molar refractivity (Wildman–Crippen MR) is 74.7 cm³/mol. The Hall–Kier alpha value is -1.91. The van der Waals surface area contributed by atoms with E-state index in [0.717, 1.165) is 30.8 Å². The van der Waals surface area contributed by atoms with Crippen molar-refractivity contribution in [3.05, 3.63) is 35.7 Å². The molecule has 20 heavy (non-hydrogen) atoms. The molecule has 0 saturated heterocycles. The molecule has 1 aromatic carbocycles. The van der Waals surface area contributed by atoms with Crippen LogP contribution < -0.4 is 5.73 Å². The van der Waals surface area contributed by atoms with Gasteiger partial charge in [0.15, 0.2) is 0 Å². The van der Waals surface area contributed by atoms with E-state index in [0.29, 0.717) is 17.4 Å². The van der Waals surface area contributed by atoms with E-state index in [-0.39, 0.29) is 5.56 Å². The number of anilines is 1. The lowest BCUT2D eigenvalue weighted by molar-refractivity contribution is 0.151. The summed E-state index contributed by atoms with van der Waals surface area (Å²) >= 11 is 0. The predicted octanol–water partition coefficient (Wildman–Crippen LogP) is 3.97. The summed E-state index contributed by atoms with van der Waals surface area (Å²) in [5, 5.41) is 0. The van der Waals surface area contributed by atoms with Gasteiger partial charge in [-0.05, 0) is 19.8 Å². The van der Waals surface area contributed by atoms with Gasteiger partial charge in [-0.15, -0.1) is 0 Å². The van der Waals surface area contributed by atoms with Crippen molar-refractivity contribution in [3.63, 3.8) is 0 Å². The van der Waals surface area contributed by atoms with E-state index in [2.05, 4.69) is 4.98 Å². The molecule has 106 valence electrons. The van der Waals surface area contributed by atoms with Gasteiger partial charge in [-0.1, -0.05) is 24.3 Å². The zero-order chi connectivity index (χ0) is 14.3. The van der Waals surface area contributed by atoms with Crippen LogP contribution in [-0.2, 0) is 6.54 Å². The van der Waals surface area contributed by atoms with Gasteiger partial charge in [-0.25, -0.2) is 13.8 Å². The number of nitrogens with two attached hydrogens (primary N) is 1. The number of rotatable bonds is 4. The molecule has 1 saturated carbocycles. The highest BCUT2D eigenvalue weighted by molar-refractivity contribution is 5.71. The Bertz CT molecular complexity index is 613. The number of halogens is 2. The zero-order valence-electron chi connectivity index (χ0n) is 11.3. The fraction of sp³-hybridized carbons (Fsp3) is 0.400. The molecule has 3 rings (SSSR count). The Labute approximate surface area is 116 Å². The number of benzene rings is 1. The van der Waals surface area contributed by atoms with E-state index < -0.39 is 6.43 Å². The molecule has 1 aliphatic rings. The molecule has 1 heterocycles. The van der Waals surface area contributed by atoms with Gasteiger partial charge in [0, 0.05) is 23.6 Å². The van der Waals surface area contributed by atoms with Gasteiger partial charge in [0.25, 0.3) is 6.43 Å². The second kappa shape index (κ2) is 4.89. The van der Waals surface area contributed by atoms with Crippen LogP contribution in [0.5, 0.6) is 0 Å². The first-order valence-electron chi connectivity index (χ1n) is 6.86. The second-order valence-corrected chi connectivity index (χ2v) is 5.15. The quantitative estimate of drug-likeness (QED) is 0.919. The van der Waals surface area contributed by atoms with E-state index in [1.807, 2.05) is 11.5 Å². The Kier molecular flexibility index (Phi) is 3.20. The normalized spacial score (nSPS) is 15.0. The molecule has 0 unspecified atom stereocenters. The molecule has 0 spiro atoms. The molecule has 0 amide bonds. The Morgan fingerprint density at radius 3 is 2.45 bits per heavy atom. The highest BCUT2D eigenvalue weighted by Crippen LogP contribution is 2.42. The van der Waals surface area contributed by atoms with Crippen LogP contribution in [0.3, 0.4) is 0 Å². The Morgan fingerprint density at radius 1 is 1.30 bits per heavy atom. The number of imidazole rings is 1. The monoisotopic (exact) mass is 277 g/mol. The van der Waals surface area contributed by atoms with Crippen molar-refractivity contribution in [2.75, 3.05) is 5.73 Å². The van der Waals surface area contributed by atoms with Crippen LogP contribution in [0.1, 0.15) is 43.5 Å². The van der Waals surface area contributed by atoms with Crippen LogP contribution in [0, 0.1) is 0 Å². The van der Waals surface area contributed by atoms with Crippen LogP contribution in [0.25, 0.3) is 11.3 Å². The third-order valence-corrected chi connectivity index (χ3v) is 3.73. The lowest BCUT2D eigenvalue weighted by Gasteiger charge is -2.05. The van der Waals surface area contributed by atoms with Crippen molar-refractivity contribution in [2.45, 2.75) is 38.7 Å². The molecule has 0 atom stereocenters. The van der Waals surface area contributed by atoms with Crippen molar-refractivity contribution in [3.8, 4) is 11.3 Å². The molecule has 2 N–H and O–H groups in total. The van der Waals surface area contributed by atoms with E-state index >= 15 is 0 Å². The summed E-state index contributed by atoms with van der Waals surface area (Å²) in [5.74, 6) is 2.16. The van der Waals surface area contributed by atoms with Gasteiger partial charge in [-0.3, -0.25) is 0 Å². The molecular weight excluding hydrogens is 260 g/mol. The molecule has 5 heteroatoms. The average Bonchev–Trinajstić information content (AvgIpc) is 3.23. The van der Waals surface area contributed by atoms with E-state index in [9.17, 15) is 8.78 Å². The average molecular weight is 277 g/mol. The first kappa shape index (κ1) is 13.1. The van der Waals surface area contributed by atoms with Crippen molar-refractivity contribution in [1.82, 2.24) is 9.55 Å². The van der Waals surface area contributed by atoms with Gasteiger partial charge in [0.1, 0.15) is 17.3 Å². The minimum Gasteiger partial charge on any atom is -0.383 e. The van der Waals surface area contributed by atoms with Gasteiger partial charge in [0.2, 0.25) is 0 Å². The van der Waals surface area contributed by atoms with Crippen molar-refractivity contribution in [1.29, 1.82) is 0 Å². The molecule has 0 radical (unpaired) electrons. The fourth-order valence-electron chi connectivity index (χ4n) is 2.47. The van der Waals surface area contributed by atoms with Crippen LogP contribution in [0.15, 0.2) is 24.3 Å². The smallest absolute Gasteiger partial charge is 0.263 e. The number of alkyl halides is 2. The summed E-state index contributed by atoms with van der Waals surface area (Å²) in [5.41, 5.74) is 7.68. The molecule has 1 aromatic heterocycles. The molecule has 3 nitrogen and oxygen atoms in total. The maximum atomic E-state index is 12.6. The summed E-state index contributed by atoms with van der Waals surface area (Å²) in [6.45, 7) is 2.81. The van der Waals surface area contributed by atoms with E-state index in [1.54, 1.807) is 12.1 Å². The first-order valence-corrected chi connectivity index (χ1v) is 6.86. The van der Waals surface area contributed by atoms with Gasteiger partial charge in [-0.2, -0.15) is 0 Å².